The fourth-order valence-electron chi connectivity index (χ4n) is 5.60. The number of ether oxygens (including phenoxy) is 2. The molecule has 2 fully saturated rings. The van der Waals surface area contributed by atoms with Crippen molar-refractivity contribution in [3.8, 4) is 28.3 Å². The number of aromatic amines is 1. The van der Waals surface area contributed by atoms with E-state index in [9.17, 15) is 9.59 Å². The summed E-state index contributed by atoms with van der Waals surface area (Å²) in [6.07, 6.45) is 8.15. The molecule has 230 valence electrons. The van der Waals surface area contributed by atoms with E-state index >= 15 is 0 Å². The number of aldehydes is 1. The molecule has 1 N–H and O–H groups in total. The van der Waals surface area contributed by atoms with E-state index < -0.39 is 0 Å². The molecule has 4 heterocycles. The van der Waals surface area contributed by atoms with Gasteiger partial charge in [-0.05, 0) is 75.6 Å². The third-order valence-electron chi connectivity index (χ3n) is 8.33. The number of methoxy groups -OCH3 is 1. The molecule has 0 bridgehead atoms. The highest BCUT2D eigenvalue weighted by Gasteiger charge is 2.28. The predicted octanol–water partition coefficient (Wildman–Crippen LogP) is 6.19. The van der Waals surface area contributed by atoms with Crippen molar-refractivity contribution in [2.24, 2.45) is 5.92 Å². The Morgan fingerprint density at radius 3 is 2.34 bits per heavy atom. The summed E-state index contributed by atoms with van der Waals surface area (Å²) in [5.41, 5.74) is 4.84. The zero-order chi connectivity index (χ0) is 30.7. The molecule has 2 aromatic heterocycles. The molecule has 0 saturated carbocycles. The number of H-pyrrole nitrogens is 1. The number of amides is 1. The molecule has 9 heteroatoms. The van der Waals surface area contributed by atoms with Crippen LogP contribution in [0.15, 0.2) is 79.1 Å². The van der Waals surface area contributed by atoms with Gasteiger partial charge in [0.1, 0.15) is 24.5 Å². The molecule has 0 spiro atoms. The Balaban J connectivity index is 0.000000367. The first-order valence-corrected chi connectivity index (χ1v) is 15.3. The SMILES string of the molecule is CN1CCC(C=O)CC1.COc1cccc(-c2nc(C3CCN(C(=O)OCc4ccccc4)CC3)[nH]c2-c2ccncc2)c1. The lowest BCUT2D eigenvalue weighted by molar-refractivity contribution is -0.112. The lowest BCUT2D eigenvalue weighted by atomic mass is 9.96. The number of hydrogen-bond donors (Lipinski definition) is 1. The largest absolute Gasteiger partial charge is 0.497 e. The Bertz CT molecular complexity index is 1480. The van der Waals surface area contributed by atoms with Crippen molar-refractivity contribution in [3.05, 3.63) is 90.5 Å². The molecule has 6 rings (SSSR count). The molecule has 1 amide bonds. The van der Waals surface area contributed by atoms with Crippen LogP contribution in [0.5, 0.6) is 5.75 Å². The fourth-order valence-corrected chi connectivity index (χ4v) is 5.60. The number of likely N-dealkylation sites (tertiary alicyclic amines) is 2. The van der Waals surface area contributed by atoms with Crippen LogP contribution in [0.3, 0.4) is 0 Å². The van der Waals surface area contributed by atoms with Crippen molar-refractivity contribution in [1.29, 1.82) is 0 Å². The zero-order valence-corrected chi connectivity index (χ0v) is 25.5. The highest BCUT2D eigenvalue weighted by Crippen LogP contribution is 2.35. The van der Waals surface area contributed by atoms with Gasteiger partial charge in [-0.1, -0.05) is 42.5 Å². The number of rotatable bonds is 7. The standard InChI is InChI=1S/C28H28N4O3.C7H13NO/c1-34-24-9-5-8-23(18-24)26-25(21-10-14-29-15-11-21)30-27(31-26)22-12-16-32(17-13-22)28(33)35-19-20-6-3-2-4-7-20;1-8-4-2-7(6-9)3-5-8/h2-11,14-15,18,22H,12-13,16-17,19H2,1H3,(H,30,31);6-7H,2-5H2,1H3. The third-order valence-corrected chi connectivity index (χ3v) is 8.33. The number of carbonyl (C=O) groups is 2. The number of imidazole rings is 1. The maximum Gasteiger partial charge on any atom is 0.410 e. The Hall–Kier alpha value is -4.50. The number of benzene rings is 2. The Kier molecular flexibility index (Phi) is 10.8. The van der Waals surface area contributed by atoms with E-state index in [0.717, 1.165) is 84.7 Å². The van der Waals surface area contributed by atoms with Gasteiger partial charge in [-0.15, -0.1) is 0 Å². The quantitative estimate of drug-likeness (QED) is 0.254. The summed E-state index contributed by atoms with van der Waals surface area (Å²) in [5.74, 6) is 2.30. The van der Waals surface area contributed by atoms with Crippen molar-refractivity contribution < 1.29 is 19.1 Å². The van der Waals surface area contributed by atoms with Gasteiger partial charge in [0.15, 0.2) is 0 Å². The van der Waals surface area contributed by atoms with Crippen LogP contribution in [0.2, 0.25) is 0 Å². The number of pyridine rings is 1. The lowest BCUT2D eigenvalue weighted by Crippen LogP contribution is -2.38. The molecule has 2 aliphatic rings. The second-order valence-electron chi connectivity index (χ2n) is 11.4. The van der Waals surface area contributed by atoms with Crippen LogP contribution in [0, 0.1) is 5.92 Å². The molecule has 0 aliphatic carbocycles. The second kappa shape index (κ2) is 15.3. The van der Waals surface area contributed by atoms with Crippen LogP contribution in [0.4, 0.5) is 4.79 Å². The first kappa shape index (κ1) is 30.9. The summed E-state index contributed by atoms with van der Waals surface area (Å²) in [4.78, 5) is 39.6. The topological polar surface area (TPSA) is 101 Å². The zero-order valence-electron chi connectivity index (χ0n) is 25.5. The minimum Gasteiger partial charge on any atom is -0.497 e. The number of nitrogens with one attached hydrogen (secondary N) is 1. The Labute approximate surface area is 259 Å². The summed E-state index contributed by atoms with van der Waals surface area (Å²) >= 11 is 0. The van der Waals surface area contributed by atoms with Crippen LogP contribution < -0.4 is 4.74 Å². The van der Waals surface area contributed by atoms with E-state index in [0.29, 0.717) is 19.0 Å². The molecule has 0 atom stereocenters. The van der Waals surface area contributed by atoms with Gasteiger partial charge < -0.3 is 29.1 Å². The normalized spacial score (nSPS) is 16.1. The van der Waals surface area contributed by atoms with Crippen molar-refractivity contribution in [3.63, 3.8) is 0 Å². The molecule has 2 saturated heterocycles. The van der Waals surface area contributed by atoms with Crippen LogP contribution in [-0.4, -0.2) is 77.5 Å². The smallest absolute Gasteiger partial charge is 0.410 e. The average Bonchev–Trinajstić information content (AvgIpc) is 3.55. The van der Waals surface area contributed by atoms with Gasteiger partial charge in [0, 0.05) is 48.4 Å². The van der Waals surface area contributed by atoms with Crippen LogP contribution in [0.1, 0.15) is 43.0 Å². The van der Waals surface area contributed by atoms with Crippen LogP contribution >= 0.6 is 0 Å². The van der Waals surface area contributed by atoms with Crippen molar-refractivity contribution in [2.45, 2.75) is 38.2 Å². The molecule has 2 aliphatic heterocycles. The van der Waals surface area contributed by atoms with Gasteiger partial charge in [-0.3, -0.25) is 4.98 Å². The average molecular weight is 596 g/mol. The molecule has 0 unspecified atom stereocenters. The van der Waals surface area contributed by atoms with E-state index in [-0.39, 0.29) is 18.6 Å². The summed E-state index contributed by atoms with van der Waals surface area (Å²) in [5, 5.41) is 0. The van der Waals surface area contributed by atoms with Gasteiger partial charge in [0.2, 0.25) is 0 Å². The summed E-state index contributed by atoms with van der Waals surface area (Å²) in [6, 6.07) is 21.6. The van der Waals surface area contributed by atoms with E-state index in [2.05, 4.69) is 21.9 Å². The number of nitrogens with zero attached hydrogens (tertiary/aromatic N) is 4. The lowest BCUT2D eigenvalue weighted by Gasteiger charge is -2.30. The van der Waals surface area contributed by atoms with Crippen LogP contribution in [0.25, 0.3) is 22.5 Å². The highest BCUT2D eigenvalue weighted by molar-refractivity contribution is 5.79. The van der Waals surface area contributed by atoms with E-state index in [1.807, 2.05) is 66.7 Å². The number of hydrogen-bond acceptors (Lipinski definition) is 7. The summed E-state index contributed by atoms with van der Waals surface area (Å²) in [6.45, 7) is 3.74. The molecule has 44 heavy (non-hydrogen) atoms. The maximum absolute atomic E-state index is 12.6. The molecule has 0 radical (unpaired) electrons. The van der Waals surface area contributed by atoms with Crippen molar-refractivity contribution in [2.75, 3.05) is 40.3 Å². The molecule has 4 aromatic rings. The first-order valence-electron chi connectivity index (χ1n) is 15.3. The minimum atomic E-state index is -0.263. The minimum absolute atomic E-state index is 0.230. The van der Waals surface area contributed by atoms with Crippen molar-refractivity contribution >= 4 is 12.4 Å². The molecular weight excluding hydrogens is 554 g/mol. The number of aromatic nitrogens is 3. The predicted molar refractivity (Wildman–Crippen MR) is 170 cm³/mol. The Morgan fingerprint density at radius 2 is 1.66 bits per heavy atom. The molecule has 2 aromatic carbocycles. The summed E-state index contributed by atoms with van der Waals surface area (Å²) in [7, 11) is 3.76. The van der Waals surface area contributed by atoms with Crippen molar-refractivity contribution in [1.82, 2.24) is 24.8 Å². The first-order chi connectivity index (χ1) is 21.5. The van der Waals surface area contributed by atoms with Crippen LogP contribution in [-0.2, 0) is 16.1 Å². The van der Waals surface area contributed by atoms with Gasteiger partial charge >= 0.3 is 6.09 Å². The maximum atomic E-state index is 12.6. The van der Waals surface area contributed by atoms with Gasteiger partial charge in [-0.2, -0.15) is 0 Å². The van der Waals surface area contributed by atoms with E-state index in [1.165, 1.54) is 0 Å². The van der Waals surface area contributed by atoms with Gasteiger partial charge in [0.25, 0.3) is 0 Å². The highest BCUT2D eigenvalue weighted by atomic mass is 16.6. The Morgan fingerprint density at radius 1 is 0.932 bits per heavy atom. The summed E-state index contributed by atoms with van der Waals surface area (Å²) < 4.78 is 10.9. The number of piperidine rings is 2. The monoisotopic (exact) mass is 595 g/mol. The third kappa shape index (κ3) is 8.11. The van der Waals surface area contributed by atoms with E-state index in [1.54, 1.807) is 24.4 Å². The van der Waals surface area contributed by atoms with E-state index in [4.69, 9.17) is 14.5 Å². The number of carbonyl (C=O) groups excluding carboxylic acids is 2. The van der Waals surface area contributed by atoms with Gasteiger partial charge in [-0.25, -0.2) is 9.78 Å². The molecule has 9 nitrogen and oxygen atoms in total. The molecular formula is C35H41N5O4. The second-order valence-corrected chi connectivity index (χ2v) is 11.4. The van der Waals surface area contributed by atoms with Gasteiger partial charge in [0.05, 0.1) is 18.5 Å². The fraction of sp³-hybridized carbons (Fsp3) is 0.371.